The maximum atomic E-state index is 8.54. The quantitative estimate of drug-likeness (QED) is 0.476. The molecule has 0 aliphatic heterocycles. The number of allylic oxidation sites excluding steroid dienone is 4. The van der Waals surface area contributed by atoms with Gasteiger partial charge in [0.15, 0.2) is 0 Å². The van der Waals surface area contributed by atoms with Crippen molar-refractivity contribution in [2.24, 2.45) is 0 Å². The molecule has 0 atom stereocenters. The number of aliphatic hydroxyl groups is 1. The van der Waals surface area contributed by atoms with E-state index in [9.17, 15) is 0 Å². The summed E-state index contributed by atoms with van der Waals surface area (Å²) < 4.78 is 0. The van der Waals surface area contributed by atoms with Crippen LogP contribution in [-0.2, 0) is 23.6 Å². The first-order chi connectivity index (χ1) is 11.6. The van der Waals surface area contributed by atoms with Crippen LogP contribution >= 0.6 is 18.6 Å². The molecule has 0 spiro atoms. The Hall–Kier alpha value is -0.826. The monoisotopic (exact) mass is 395 g/mol. The third kappa shape index (κ3) is 7.83. The van der Waals surface area contributed by atoms with Crippen molar-refractivity contribution in [3.63, 3.8) is 0 Å². The zero-order valence-corrected chi connectivity index (χ0v) is 17.0. The van der Waals surface area contributed by atoms with Crippen LogP contribution in [0.15, 0.2) is 71.8 Å². The van der Waals surface area contributed by atoms with Gasteiger partial charge < -0.3 is 5.11 Å². The first-order valence-corrected chi connectivity index (χ1v) is 11.9. The van der Waals surface area contributed by atoms with E-state index in [1.807, 2.05) is 42.5 Å². The van der Waals surface area contributed by atoms with Gasteiger partial charge in [0.25, 0.3) is 0 Å². The fourth-order valence-electron chi connectivity index (χ4n) is 2.40. The Bertz CT molecular complexity index is 652. The van der Waals surface area contributed by atoms with E-state index in [1.54, 1.807) is 0 Å². The fourth-order valence-corrected chi connectivity index (χ4v) is 2.40. The van der Waals surface area contributed by atoms with Gasteiger partial charge in [0.2, 0.25) is 0 Å². The topological polar surface area (TPSA) is 20.2 Å². The third-order valence-corrected chi connectivity index (χ3v) is 3.45. The molecular formula is C20H21Cl2OTi-. The summed E-state index contributed by atoms with van der Waals surface area (Å²) in [4.78, 5) is 0. The molecule has 0 heterocycles. The van der Waals surface area contributed by atoms with E-state index in [1.165, 1.54) is 22.3 Å². The summed E-state index contributed by atoms with van der Waals surface area (Å²) >= 11 is -0.556. The number of hydrogen-bond acceptors (Lipinski definition) is 1. The molecule has 2 aromatic carbocycles. The normalized spacial score (nSPS) is 12.5. The van der Waals surface area contributed by atoms with Crippen LogP contribution in [0.5, 0.6) is 0 Å². The van der Waals surface area contributed by atoms with Gasteiger partial charge in [0, 0.05) is 0 Å². The van der Waals surface area contributed by atoms with Crippen molar-refractivity contribution in [1.29, 1.82) is 0 Å². The second-order valence-electron chi connectivity index (χ2n) is 5.32. The van der Waals surface area contributed by atoms with E-state index in [4.69, 9.17) is 23.7 Å². The number of benzene rings is 2. The number of halogens is 2. The SMILES string of the molecule is CC1=CC(C)=C(c2[c-]cccc2)C1.OCc1ccccc1.[Cl][Ti][Cl]. The Morgan fingerprint density at radius 2 is 1.67 bits per heavy atom. The van der Waals surface area contributed by atoms with Gasteiger partial charge in [-0.15, -0.1) is 41.5 Å². The molecule has 24 heavy (non-hydrogen) atoms. The van der Waals surface area contributed by atoms with Gasteiger partial charge >= 0.3 is 35.6 Å². The Kier molecular flexibility index (Phi) is 11.1. The molecule has 4 heteroatoms. The first-order valence-electron chi connectivity index (χ1n) is 7.57. The summed E-state index contributed by atoms with van der Waals surface area (Å²) in [5.41, 5.74) is 6.48. The average Bonchev–Trinajstić information content (AvgIpc) is 2.96. The zero-order valence-electron chi connectivity index (χ0n) is 13.9. The molecule has 0 radical (unpaired) electrons. The summed E-state index contributed by atoms with van der Waals surface area (Å²) in [5, 5.41) is 8.54. The van der Waals surface area contributed by atoms with Gasteiger partial charge in [-0.05, 0) is 25.8 Å². The standard InChI is InChI=1S/C13H13.C7H8O.2ClH.Ti/c1-10-8-11(2)13(9-10)12-6-4-3-5-7-12;8-6-7-4-2-1-3-5-7;;;/h3-6,8H,9H2,1-2H3;1-5,8H,6H2;2*1H;/q-1;;;;+2/p-2. The van der Waals surface area contributed by atoms with Gasteiger partial charge in [-0.3, -0.25) is 0 Å². The van der Waals surface area contributed by atoms with Crippen LogP contribution in [0.3, 0.4) is 0 Å². The zero-order chi connectivity index (χ0) is 17.8. The molecular weight excluding hydrogens is 375 g/mol. The van der Waals surface area contributed by atoms with Crippen molar-refractivity contribution in [2.45, 2.75) is 26.9 Å². The van der Waals surface area contributed by atoms with Crippen LogP contribution in [0.2, 0.25) is 0 Å². The van der Waals surface area contributed by atoms with Crippen molar-refractivity contribution < 1.29 is 22.1 Å². The van der Waals surface area contributed by atoms with Crippen molar-refractivity contribution in [2.75, 3.05) is 0 Å². The molecule has 2 aromatic rings. The molecule has 0 aromatic heterocycles. The molecule has 0 amide bonds. The minimum atomic E-state index is -0.556. The van der Waals surface area contributed by atoms with Crippen molar-refractivity contribution >= 4 is 24.2 Å². The molecule has 1 aliphatic carbocycles. The van der Waals surface area contributed by atoms with E-state index < -0.39 is 17.0 Å². The van der Waals surface area contributed by atoms with Gasteiger partial charge in [0.1, 0.15) is 0 Å². The Morgan fingerprint density at radius 1 is 1.04 bits per heavy atom. The summed E-state index contributed by atoms with van der Waals surface area (Å²) in [7, 11) is 9.78. The molecule has 0 unspecified atom stereocenters. The van der Waals surface area contributed by atoms with Crippen molar-refractivity contribution in [3.8, 4) is 0 Å². The molecule has 0 fully saturated rings. The Balaban J connectivity index is 0.000000224. The van der Waals surface area contributed by atoms with E-state index >= 15 is 0 Å². The molecule has 0 bridgehead atoms. The number of aliphatic hydroxyl groups excluding tert-OH is 1. The van der Waals surface area contributed by atoms with Crippen molar-refractivity contribution in [1.82, 2.24) is 0 Å². The fraction of sp³-hybridized carbons (Fsp3) is 0.200. The van der Waals surface area contributed by atoms with Crippen LogP contribution in [0.4, 0.5) is 0 Å². The second kappa shape index (κ2) is 12.5. The van der Waals surface area contributed by atoms with Crippen LogP contribution in [0, 0.1) is 6.07 Å². The number of hydrogen-bond donors (Lipinski definition) is 1. The van der Waals surface area contributed by atoms with Gasteiger partial charge in [-0.2, -0.15) is 0 Å². The summed E-state index contributed by atoms with van der Waals surface area (Å²) in [6.45, 7) is 4.49. The predicted octanol–water partition coefficient (Wildman–Crippen LogP) is 6.17. The first kappa shape index (κ1) is 21.2. The maximum absolute atomic E-state index is 8.54. The van der Waals surface area contributed by atoms with E-state index in [0.717, 1.165) is 12.0 Å². The van der Waals surface area contributed by atoms with Crippen LogP contribution in [-0.4, -0.2) is 5.11 Å². The summed E-state index contributed by atoms with van der Waals surface area (Å²) in [6, 6.07) is 21.0. The van der Waals surface area contributed by atoms with Crippen molar-refractivity contribution in [3.05, 3.63) is 89.0 Å². The third-order valence-electron chi connectivity index (χ3n) is 3.45. The molecule has 0 saturated heterocycles. The van der Waals surface area contributed by atoms with Gasteiger partial charge in [0.05, 0.1) is 6.61 Å². The Labute approximate surface area is 161 Å². The molecule has 1 N–H and O–H groups in total. The van der Waals surface area contributed by atoms with E-state index in [-0.39, 0.29) is 6.61 Å². The molecule has 126 valence electrons. The summed E-state index contributed by atoms with van der Waals surface area (Å²) in [6.07, 6.45) is 3.35. The second-order valence-corrected chi connectivity index (χ2v) is 7.90. The van der Waals surface area contributed by atoms with E-state index in [0.29, 0.717) is 0 Å². The molecule has 0 saturated carbocycles. The Morgan fingerprint density at radius 3 is 2.08 bits per heavy atom. The molecule has 1 aliphatic rings. The van der Waals surface area contributed by atoms with Crippen LogP contribution in [0.25, 0.3) is 5.57 Å². The summed E-state index contributed by atoms with van der Waals surface area (Å²) in [5.74, 6) is 0. The van der Waals surface area contributed by atoms with E-state index in [2.05, 4.69) is 38.1 Å². The molecule has 3 rings (SSSR count). The minimum absolute atomic E-state index is 0.140. The van der Waals surface area contributed by atoms with Crippen LogP contribution < -0.4 is 0 Å². The average molecular weight is 396 g/mol. The number of rotatable bonds is 2. The van der Waals surface area contributed by atoms with Crippen LogP contribution in [0.1, 0.15) is 31.4 Å². The molecule has 1 nitrogen and oxygen atoms in total. The van der Waals surface area contributed by atoms with Gasteiger partial charge in [-0.1, -0.05) is 47.6 Å². The van der Waals surface area contributed by atoms with Gasteiger partial charge in [-0.25, -0.2) is 0 Å². The predicted molar refractivity (Wildman–Crippen MR) is 100 cm³/mol.